The maximum Gasteiger partial charge on any atom is 0.123 e. The van der Waals surface area contributed by atoms with Gasteiger partial charge in [0.2, 0.25) is 0 Å². The molecule has 2 heteroatoms. The normalized spacial score (nSPS) is 10.7. The summed E-state index contributed by atoms with van der Waals surface area (Å²) in [5, 5.41) is 3.45. The fraction of sp³-hybridized carbons (Fsp3) is 0.294. The molecule has 0 unspecified atom stereocenters. The molecular weight excluding hydrogens is 237 g/mol. The van der Waals surface area contributed by atoms with E-state index in [1.54, 1.807) is 0 Å². The Morgan fingerprint density at radius 3 is 2.21 bits per heavy atom. The topological polar surface area (TPSA) is 12.0 Å². The molecule has 1 nitrogen and oxygen atoms in total. The smallest absolute Gasteiger partial charge is 0.123 e. The number of rotatable bonds is 5. The minimum Gasteiger partial charge on any atom is -0.312 e. The van der Waals surface area contributed by atoms with Crippen molar-refractivity contribution in [2.75, 3.05) is 6.54 Å². The lowest BCUT2D eigenvalue weighted by Gasteiger charge is -2.11. The van der Waals surface area contributed by atoms with Crippen LogP contribution in [0.4, 0.5) is 4.39 Å². The average Bonchev–Trinajstić information content (AvgIpc) is 2.39. The highest BCUT2D eigenvalue weighted by Crippen LogP contribution is 2.12. The first-order valence-corrected chi connectivity index (χ1v) is 6.67. The van der Waals surface area contributed by atoms with E-state index in [1.807, 2.05) is 12.1 Å². The zero-order valence-electron chi connectivity index (χ0n) is 11.5. The van der Waals surface area contributed by atoms with Crippen molar-refractivity contribution < 1.29 is 4.39 Å². The van der Waals surface area contributed by atoms with E-state index >= 15 is 0 Å². The van der Waals surface area contributed by atoms with Crippen LogP contribution in [0.2, 0.25) is 0 Å². The predicted octanol–water partition coefficient (Wildman–Crippen LogP) is 3.77. The molecule has 0 atom stereocenters. The van der Waals surface area contributed by atoms with E-state index in [9.17, 15) is 4.39 Å². The molecule has 0 amide bonds. The van der Waals surface area contributed by atoms with Gasteiger partial charge in [-0.15, -0.1) is 0 Å². The monoisotopic (exact) mass is 257 g/mol. The van der Waals surface area contributed by atoms with E-state index in [-0.39, 0.29) is 5.82 Å². The van der Waals surface area contributed by atoms with E-state index in [2.05, 4.69) is 37.4 Å². The van der Waals surface area contributed by atoms with Crippen LogP contribution in [0.3, 0.4) is 0 Å². The molecule has 0 heterocycles. The van der Waals surface area contributed by atoms with Crippen molar-refractivity contribution in [1.29, 1.82) is 0 Å². The minimum absolute atomic E-state index is 0.174. The summed E-state index contributed by atoms with van der Waals surface area (Å²) in [6.45, 7) is 6.08. The predicted molar refractivity (Wildman–Crippen MR) is 77.7 cm³/mol. The van der Waals surface area contributed by atoms with E-state index in [0.29, 0.717) is 0 Å². The SMILES string of the molecule is Cc1cccc(C)c1CNCCc1ccc(F)cc1. The molecule has 0 aliphatic heterocycles. The maximum absolute atomic E-state index is 12.8. The molecule has 0 aromatic heterocycles. The largest absolute Gasteiger partial charge is 0.312 e. The summed E-state index contributed by atoms with van der Waals surface area (Å²) in [5.74, 6) is -0.174. The van der Waals surface area contributed by atoms with E-state index in [1.165, 1.54) is 28.8 Å². The number of benzene rings is 2. The second-order valence-electron chi connectivity index (χ2n) is 4.92. The van der Waals surface area contributed by atoms with Crippen LogP contribution in [0, 0.1) is 19.7 Å². The van der Waals surface area contributed by atoms with Gasteiger partial charge < -0.3 is 5.32 Å². The van der Waals surface area contributed by atoms with Crippen molar-refractivity contribution in [3.8, 4) is 0 Å². The Morgan fingerprint density at radius 2 is 1.58 bits per heavy atom. The van der Waals surface area contributed by atoms with Crippen LogP contribution in [0.15, 0.2) is 42.5 Å². The van der Waals surface area contributed by atoms with Gasteiger partial charge in [0.25, 0.3) is 0 Å². The lowest BCUT2D eigenvalue weighted by molar-refractivity contribution is 0.626. The Balaban J connectivity index is 1.82. The third kappa shape index (κ3) is 3.90. The molecule has 0 aliphatic carbocycles. The molecule has 2 rings (SSSR count). The van der Waals surface area contributed by atoms with Crippen LogP contribution in [0.25, 0.3) is 0 Å². The third-order valence-corrected chi connectivity index (χ3v) is 3.45. The molecule has 0 radical (unpaired) electrons. The Bertz CT molecular complexity index is 511. The molecule has 1 N–H and O–H groups in total. The van der Waals surface area contributed by atoms with Crippen molar-refractivity contribution >= 4 is 0 Å². The summed E-state index contributed by atoms with van der Waals surface area (Å²) in [5.41, 5.74) is 5.19. The second-order valence-corrected chi connectivity index (χ2v) is 4.92. The number of hydrogen-bond donors (Lipinski definition) is 1. The van der Waals surface area contributed by atoms with Crippen LogP contribution < -0.4 is 5.32 Å². The van der Waals surface area contributed by atoms with Gasteiger partial charge in [0.05, 0.1) is 0 Å². The number of aryl methyl sites for hydroxylation is 2. The summed E-state index contributed by atoms with van der Waals surface area (Å²) in [7, 11) is 0. The Hall–Kier alpha value is -1.67. The van der Waals surface area contributed by atoms with Crippen LogP contribution >= 0.6 is 0 Å². The quantitative estimate of drug-likeness (QED) is 0.804. The summed E-state index contributed by atoms with van der Waals surface area (Å²) in [6, 6.07) is 13.1. The standard InChI is InChI=1S/C17H20FN/c1-13-4-3-5-14(2)17(13)12-19-11-10-15-6-8-16(18)9-7-15/h3-9,19H,10-12H2,1-2H3. The van der Waals surface area contributed by atoms with Gasteiger partial charge in [-0.25, -0.2) is 4.39 Å². The Kier molecular flexibility index (Phi) is 4.69. The molecule has 0 saturated carbocycles. The van der Waals surface area contributed by atoms with Crippen LogP contribution in [0.1, 0.15) is 22.3 Å². The highest BCUT2D eigenvalue weighted by atomic mass is 19.1. The molecule has 19 heavy (non-hydrogen) atoms. The zero-order chi connectivity index (χ0) is 13.7. The van der Waals surface area contributed by atoms with Gasteiger partial charge in [-0.05, 0) is 61.2 Å². The van der Waals surface area contributed by atoms with Gasteiger partial charge in [-0.2, -0.15) is 0 Å². The Labute approximate surface area is 114 Å². The van der Waals surface area contributed by atoms with Gasteiger partial charge in [0, 0.05) is 6.54 Å². The van der Waals surface area contributed by atoms with Crippen LogP contribution in [-0.4, -0.2) is 6.54 Å². The molecule has 0 spiro atoms. The highest BCUT2D eigenvalue weighted by Gasteiger charge is 2.01. The van der Waals surface area contributed by atoms with Crippen molar-refractivity contribution in [3.63, 3.8) is 0 Å². The first-order chi connectivity index (χ1) is 9.16. The summed E-state index contributed by atoms with van der Waals surface area (Å²) >= 11 is 0. The van der Waals surface area contributed by atoms with Crippen molar-refractivity contribution in [2.45, 2.75) is 26.8 Å². The van der Waals surface area contributed by atoms with E-state index in [4.69, 9.17) is 0 Å². The number of halogens is 1. The minimum atomic E-state index is -0.174. The average molecular weight is 257 g/mol. The zero-order valence-corrected chi connectivity index (χ0v) is 11.5. The van der Waals surface area contributed by atoms with Gasteiger partial charge in [0.15, 0.2) is 0 Å². The first-order valence-electron chi connectivity index (χ1n) is 6.67. The Morgan fingerprint density at radius 1 is 0.947 bits per heavy atom. The third-order valence-electron chi connectivity index (χ3n) is 3.45. The fourth-order valence-electron chi connectivity index (χ4n) is 2.23. The van der Waals surface area contributed by atoms with Crippen molar-refractivity contribution in [2.24, 2.45) is 0 Å². The molecule has 0 fully saturated rings. The fourth-order valence-corrected chi connectivity index (χ4v) is 2.23. The van der Waals surface area contributed by atoms with Crippen molar-refractivity contribution in [1.82, 2.24) is 5.32 Å². The second kappa shape index (κ2) is 6.48. The molecule has 0 aliphatic rings. The lowest BCUT2D eigenvalue weighted by Crippen LogP contribution is -2.18. The number of nitrogens with one attached hydrogen (secondary N) is 1. The van der Waals surface area contributed by atoms with Gasteiger partial charge in [-0.3, -0.25) is 0 Å². The molecule has 100 valence electrons. The van der Waals surface area contributed by atoms with E-state index < -0.39 is 0 Å². The molecule has 2 aromatic carbocycles. The molecule has 0 bridgehead atoms. The summed E-state index contributed by atoms with van der Waals surface area (Å²) in [4.78, 5) is 0. The van der Waals surface area contributed by atoms with Gasteiger partial charge in [0.1, 0.15) is 5.82 Å². The summed E-state index contributed by atoms with van der Waals surface area (Å²) < 4.78 is 12.8. The summed E-state index contributed by atoms with van der Waals surface area (Å²) in [6.07, 6.45) is 0.922. The molecular formula is C17H20FN. The van der Waals surface area contributed by atoms with Crippen LogP contribution in [0.5, 0.6) is 0 Å². The van der Waals surface area contributed by atoms with Crippen LogP contribution in [-0.2, 0) is 13.0 Å². The van der Waals surface area contributed by atoms with E-state index in [0.717, 1.165) is 25.1 Å². The maximum atomic E-state index is 12.8. The van der Waals surface area contributed by atoms with Gasteiger partial charge >= 0.3 is 0 Å². The van der Waals surface area contributed by atoms with Gasteiger partial charge in [-0.1, -0.05) is 30.3 Å². The first kappa shape index (κ1) is 13.8. The number of hydrogen-bond acceptors (Lipinski definition) is 1. The molecule has 0 saturated heterocycles. The van der Waals surface area contributed by atoms with Crippen molar-refractivity contribution in [3.05, 3.63) is 70.5 Å². The molecule has 2 aromatic rings. The highest BCUT2D eigenvalue weighted by molar-refractivity contribution is 5.33. The lowest BCUT2D eigenvalue weighted by atomic mass is 10.0.